The minimum Gasteiger partial charge on any atom is -0.329 e. The molecule has 0 saturated heterocycles. The Morgan fingerprint density at radius 2 is 1.35 bits per heavy atom. The van der Waals surface area contributed by atoms with Crippen LogP contribution >= 0.6 is 11.8 Å². The fraction of sp³-hybridized carbons (Fsp3) is 0.0500. The van der Waals surface area contributed by atoms with Crippen LogP contribution in [0, 0.1) is 0 Å². The molecule has 0 radical (unpaired) electrons. The van der Waals surface area contributed by atoms with Crippen LogP contribution in [0.15, 0.2) is 89.8 Å². The summed E-state index contributed by atoms with van der Waals surface area (Å²) in [7, 11) is 0. The highest BCUT2D eigenvalue weighted by Gasteiger charge is 2.45. The van der Waals surface area contributed by atoms with Gasteiger partial charge in [0.05, 0.1) is 0 Å². The molecule has 0 aromatic heterocycles. The molecule has 112 valence electrons. The Morgan fingerprint density at radius 1 is 0.739 bits per heavy atom. The van der Waals surface area contributed by atoms with Crippen molar-refractivity contribution in [2.45, 2.75) is 9.77 Å². The Balaban J connectivity index is 1.92. The fourth-order valence-corrected chi connectivity index (χ4v) is 4.32. The number of rotatable bonds is 3. The van der Waals surface area contributed by atoms with Gasteiger partial charge in [-0.3, -0.25) is 4.79 Å². The zero-order valence-corrected chi connectivity index (χ0v) is 13.2. The maximum atomic E-state index is 12.5. The van der Waals surface area contributed by atoms with E-state index in [1.165, 1.54) is 0 Å². The first-order chi connectivity index (χ1) is 11.3. The minimum absolute atomic E-state index is 0.0205. The Morgan fingerprint density at radius 3 is 2.09 bits per heavy atom. The van der Waals surface area contributed by atoms with Crippen molar-refractivity contribution in [3.8, 4) is 0 Å². The van der Waals surface area contributed by atoms with Gasteiger partial charge in [-0.15, -0.1) is 0 Å². The maximum absolute atomic E-state index is 12.5. The monoisotopic (exact) mass is 317 g/mol. The van der Waals surface area contributed by atoms with E-state index in [-0.39, 0.29) is 5.91 Å². The molecule has 1 atom stereocenters. The number of fused-ring (bicyclic) bond motifs is 1. The molecule has 0 bridgehead atoms. The molecule has 1 amide bonds. The molecule has 0 saturated carbocycles. The zero-order valence-electron chi connectivity index (χ0n) is 12.4. The third kappa shape index (κ3) is 2.34. The van der Waals surface area contributed by atoms with E-state index in [4.69, 9.17) is 0 Å². The van der Waals surface area contributed by atoms with Crippen molar-refractivity contribution in [2.24, 2.45) is 0 Å². The van der Waals surface area contributed by atoms with Gasteiger partial charge in [-0.05, 0) is 23.8 Å². The van der Waals surface area contributed by atoms with E-state index in [0.29, 0.717) is 0 Å². The van der Waals surface area contributed by atoms with Gasteiger partial charge in [-0.2, -0.15) is 0 Å². The largest absolute Gasteiger partial charge is 0.329 e. The van der Waals surface area contributed by atoms with E-state index < -0.39 is 4.87 Å². The average Bonchev–Trinajstić information content (AvgIpc) is 2.90. The number of benzene rings is 3. The van der Waals surface area contributed by atoms with Crippen LogP contribution in [0.25, 0.3) is 0 Å². The lowest BCUT2D eigenvalue weighted by atomic mass is 9.98. The zero-order chi connectivity index (χ0) is 15.7. The van der Waals surface area contributed by atoms with Crippen LogP contribution in [0.2, 0.25) is 0 Å². The van der Waals surface area contributed by atoms with Crippen molar-refractivity contribution >= 4 is 17.7 Å². The van der Waals surface area contributed by atoms with E-state index >= 15 is 0 Å². The lowest BCUT2D eigenvalue weighted by molar-refractivity contribution is 0.0956. The molecule has 0 aliphatic carbocycles. The minimum atomic E-state index is -0.587. The SMILES string of the molecule is O=C1N[C@](Sc2ccccc2)(c2ccccc2)c2ccccc21. The molecular formula is C20H15NOS. The van der Waals surface area contributed by atoms with Gasteiger partial charge in [0.15, 0.2) is 0 Å². The smallest absolute Gasteiger partial charge is 0.253 e. The highest BCUT2D eigenvalue weighted by atomic mass is 32.2. The number of amides is 1. The number of hydrogen-bond acceptors (Lipinski definition) is 2. The number of carbonyl (C=O) groups is 1. The number of nitrogens with one attached hydrogen (secondary N) is 1. The van der Waals surface area contributed by atoms with E-state index in [2.05, 4.69) is 29.6 Å². The fourth-order valence-electron chi connectivity index (χ4n) is 2.99. The summed E-state index contributed by atoms with van der Waals surface area (Å²) < 4.78 is 0. The van der Waals surface area contributed by atoms with Gasteiger partial charge in [0.25, 0.3) is 5.91 Å². The summed E-state index contributed by atoms with van der Waals surface area (Å²) >= 11 is 1.67. The summed E-state index contributed by atoms with van der Waals surface area (Å²) in [6.45, 7) is 0. The van der Waals surface area contributed by atoms with Crippen molar-refractivity contribution in [3.05, 3.63) is 102 Å². The quantitative estimate of drug-likeness (QED) is 0.774. The molecule has 1 aliphatic heterocycles. The Labute approximate surface area is 139 Å². The molecular weight excluding hydrogens is 302 g/mol. The van der Waals surface area contributed by atoms with Crippen LogP contribution in [-0.4, -0.2) is 5.91 Å². The van der Waals surface area contributed by atoms with Gasteiger partial charge in [0, 0.05) is 16.0 Å². The van der Waals surface area contributed by atoms with Crippen molar-refractivity contribution in [2.75, 3.05) is 0 Å². The highest BCUT2D eigenvalue weighted by molar-refractivity contribution is 8.00. The summed E-state index contributed by atoms with van der Waals surface area (Å²) in [5.41, 5.74) is 2.84. The molecule has 0 spiro atoms. The number of thioether (sulfide) groups is 1. The second-order valence-electron chi connectivity index (χ2n) is 5.46. The first kappa shape index (κ1) is 14.1. The van der Waals surface area contributed by atoms with Crippen LogP contribution in [0.4, 0.5) is 0 Å². The molecule has 3 aromatic carbocycles. The molecule has 0 unspecified atom stereocenters. The van der Waals surface area contributed by atoms with Crippen LogP contribution in [0.1, 0.15) is 21.5 Å². The van der Waals surface area contributed by atoms with Crippen molar-refractivity contribution in [1.29, 1.82) is 0 Å². The Kier molecular flexibility index (Phi) is 3.43. The summed E-state index contributed by atoms with van der Waals surface area (Å²) in [5, 5.41) is 3.22. The first-order valence-corrected chi connectivity index (χ1v) is 8.33. The van der Waals surface area contributed by atoms with Crippen LogP contribution in [-0.2, 0) is 4.87 Å². The number of hydrogen-bond donors (Lipinski definition) is 1. The molecule has 1 heterocycles. The third-order valence-electron chi connectivity index (χ3n) is 4.04. The average molecular weight is 317 g/mol. The molecule has 1 aliphatic rings. The van der Waals surface area contributed by atoms with E-state index in [1.54, 1.807) is 11.8 Å². The first-order valence-electron chi connectivity index (χ1n) is 7.51. The Bertz CT molecular complexity index is 848. The van der Waals surface area contributed by atoms with Crippen LogP contribution in [0.3, 0.4) is 0 Å². The van der Waals surface area contributed by atoms with E-state index in [0.717, 1.165) is 21.6 Å². The van der Waals surface area contributed by atoms with Gasteiger partial charge in [-0.25, -0.2) is 0 Å². The lowest BCUT2D eigenvalue weighted by Crippen LogP contribution is -2.37. The second kappa shape index (κ2) is 5.60. The third-order valence-corrected chi connectivity index (χ3v) is 5.41. The van der Waals surface area contributed by atoms with E-state index in [9.17, 15) is 4.79 Å². The van der Waals surface area contributed by atoms with Gasteiger partial charge >= 0.3 is 0 Å². The summed E-state index contributed by atoms with van der Waals surface area (Å²) in [4.78, 5) is 13.1. The molecule has 4 rings (SSSR count). The van der Waals surface area contributed by atoms with Gasteiger partial charge in [-0.1, -0.05) is 78.5 Å². The normalized spacial score (nSPS) is 19.2. The standard InChI is InChI=1S/C20H15NOS/c22-19-17-13-7-8-14-18(17)20(21-19,15-9-3-1-4-10-15)23-16-11-5-2-6-12-16/h1-14H,(H,21,22)/t20-/m0/s1. The van der Waals surface area contributed by atoms with Gasteiger partial charge in [0.2, 0.25) is 0 Å². The molecule has 0 fully saturated rings. The van der Waals surface area contributed by atoms with Crippen molar-refractivity contribution < 1.29 is 4.79 Å². The molecule has 3 heteroatoms. The number of carbonyl (C=O) groups excluding carboxylic acids is 1. The summed E-state index contributed by atoms with van der Waals surface area (Å²) in [6.07, 6.45) is 0. The maximum Gasteiger partial charge on any atom is 0.253 e. The second-order valence-corrected chi connectivity index (χ2v) is 6.75. The Hall–Kier alpha value is -2.52. The lowest BCUT2D eigenvalue weighted by Gasteiger charge is -2.30. The predicted molar refractivity (Wildman–Crippen MR) is 93.4 cm³/mol. The van der Waals surface area contributed by atoms with Crippen LogP contribution in [0.5, 0.6) is 0 Å². The topological polar surface area (TPSA) is 29.1 Å². The van der Waals surface area contributed by atoms with E-state index in [1.807, 2.05) is 60.7 Å². The summed E-state index contributed by atoms with van der Waals surface area (Å²) in [5.74, 6) is -0.0205. The highest BCUT2D eigenvalue weighted by Crippen LogP contribution is 2.48. The van der Waals surface area contributed by atoms with Crippen molar-refractivity contribution in [3.63, 3.8) is 0 Å². The van der Waals surface area contributed by atoms with Gasteiger partial charge in [0.1, 0.15) is 4.87 Å². The molecule has 2 nitrogen and oxygen atoms in total. The molecule has 3 aromatic rings. The molecule has 23 heavy (non-hydrogen) atoms. The summed E-state index contributed by atoms with van der Waals surface area (Å²) in [6, 6.07) is 28.2. The van der Waals surface area contributed by atoms with Crippen molar-refractivity contribution in [1.82, 2.24) is 5.32 Å². The van der Waals surface area contributed by atoms with Gasteiger partial charge < -0.3 is 5.32 Å². The predicted octanol–water partition coefficient (Wildman–Crippen LogP) is 4.42. The van der Waals surface area contributed by atoms with Crippen LogP contribution < -0.4 is 5.32 Å². The molecule has 1 N–H and O–H groups in total.